The smallest absolute Gasteiger partial charge is 0.361 e. The average Bonchev–Trinajstić information content (AvgIpc) is 3.38. The second-order valence-corrected chi connectivity index (χ2v) is 19.8. The molecule has 0 aromatic heterocycles. The van der Waals surface area contributed by atoms with E-state index in [4.69, 9.17) is 18.9 Å². The van der Waals surface area contributed by atoms with Crippen molar-refractivity contribution >= 4 is 17.9 Å². The van der Waals surface area contributed by atoms with Crippen molar-refractivity contribution in [1.82, 2.24) is 0 Å². The molecule has 2 atom stereocenters. The highest BCUT2D eigenvalue weighted by molar-refractivity contribution is 5.71. The zero-order chi connectivity index (χ0) is 54.8. The third-order valence-corrected chi connectivity index (χ3v) is 11.6. The number of quaternary nitrogens is 1. The van der Waals surface area contributed by atoms with Gasteiger partial charge in [0.2, 0.25) is 0 Å². The zero-order valence-corrected chi connectivity index (χ0v) is 47.9. The maximum absolute atomic E-state index is 12.9. The molecule has 0 rings (SSSR count). The van der Waals surface area contributed by atoms with Crippen molar-refractivity contribution in [2.24, 2.45) is 0 Å². The van der Waals surface area contributed by atoms with E-state index in [9.17, 15) is 19.5 Å². The van der Waals surface area contributed by atoms with Crippen LogP contribution in [0.4, 0.5) is 0 Å². The molecule has 0 saturated heterocycles. The van der Waals surface area contributed by atoms with Crippen LogP contribution in [0, 0.1) is 0 Å². The predicted octanol–water partition coefficient (Wildman–Crippen LogP) is 17.2. The van der Waals surface area contributed by atoms with Gasteiger partial charge in [-0.3, -0.25) is 9.59 Å². The van der Waals surface area contributed by atoms with Crippen molar-refractivity contribution in [3.63, 3.8) is 0 Å². The largest absolute Gasteiger partial charge is 0.477 e. The van der Waals surface area contributed by atoms with Crippen LogP contribution in [0.1, 0.15) is 194 Å². The first kappa shape index (κ1) is 70.2. The molecule has 0 amide bonds. The van der Waals surface area contributed by atoms with Crippen LogP contribution < -0.4 is 0 Å². The number of rotatable bonds is 51. The summed E-state index contributed by atoms with van der Waals surface area (Å²) in [6.45, 7) is 4.59. The fraction of sp³-hybridized carbons (Fsp3) is 0.591. The highest BCUT2D eigenvalue weighted by Gasteiger charge is 2.25. The molecule has 422 valence electrons. The van der Waals surface area contributed by atoms with Gasteiger partial charge in [0.05, 0.1) is 34.4 Å². The summed E-state index contributed by atoms with van der Waals surface area (Å²) >= 11 is 0. The number of carboxylic acids is 1. The van der Waals surface area contributed by atoms with Gasteiger partial charge in [0.25, 0.3) is 6.29 Å². The molecule has 9 heteroatoms. The van der Waals surface area contributed by atoms with Crippen LogP contribution in [0.3, 0.4) is 0 Å². The molecular weight excluding hydrogens is 935 g/mol. The van der Waals surface area contributed by atoms with Crippen molar-refractivity contribution in [1.29, 1.82) is 0 Å². The molecule has 0 aliphatic rings. The molecule has 0 saturated carbocycles. The topological polar surface area (TPSA) is 108 Å². The summed E-state index contributed by atoms with van der Waals surface area (Å²) in [6, 6.07) is 0. The molecule has 0 aromatic carbocycles. The van der Waals surface area contributed by atoms with Gasteiger partial charge in [-0.05, 0) is 116 Å². The number of ether oxygens (including phenoxy) is 4. The molecule has 75 heavy (non-hydrogen) atoms. The molecule has 0 fully saturated rings. The van der Waals surface area contributed by atoms with Gasteiger partial charge in [0.15, 0.2) is 6.10 Å². The number of hydrogen-bond acceptors (Lipinski definition) is 7. The zero-order valence-electron chi connectivity index (χ0n) is 47.9. The monoisotopic (exact) mass is 1040 g/mol. The Labute approximate surface area is 458 Å². The van der Waals surface area contributed by atoms with Crippen molar-refractivity contribution in [2.45, 2.75) is 206 Å². The number of likely N-dealkylation sites (N-methyl/N-ethyl adjacent to an activating group) is 1. The Hall–Kier alpha value is -4.83. The van der Waals surface area contributed by atoms with Gasteiger partial charge >= 0.3 is 17.9 Å². The van der Waals surface area contributed by atoms with E-state index in [1.165, 1.54) is 19.3 Å². The quantitative estimate of drug-likeness (QED) is 0.0211. The normalized spacial score (nSPS) is 13.9. The van der Waals surface area contributed by atoms with Gasteiger partial charge in [-0.1, -0.05) is 211 Å². The van der Waals surface area contributed by atoms with E-state index < -0.39 is 24.3 Å². The summed E-state index contributed by atoms with van der Waals surface area (Å²) in [5.41, 5.74) is 0. The van der Waals surface area contributed by atoms with Crippen LogP contribution in [0.2, 0.25) is 0 Å². The van der Waals surface area contributed by atoms with E-state index in [1.807, 2.05) is 21.1 Å². The lowest BCUT2D eigenvalue weighted by Gasteiger charge is -2.25. The number of carbonyl (C=O) groups excluding carboxylic acids is 2. The molecule has 0 radical (unpaired) electrons. The van der Waals surface area contributed by atoms with Gasteiger partial charge in [0.1, 0.15) is 13.2 Å². The SMILES string of the molecule is CC/C=C\C/C=C\C/C=C\C/C=C\C/C=C\C/C=C\C/C=C\C/C=C\C/C=C\CCCCCCCC(=O)OC(COC(=O)CCCCCCCCC/C=C\C/C=C\C/C=C\CC)COC(OCC[N+](C)(C)C)C(=O)O. The van der Waals surface area contributed by atoms with Crippen molar-refractivity contribution in [3.8, 4) is 0 Å². The lowest BCUT2D eigenvalue weighted by Crippen LogP contribution is -2.40. The summed E-state index contributed by atoms with van der Waals surface area (Å²) < 4.78 is 22.8. The lowest BCUT2D eigenvalue weighted by molar-refractivity contribution is -0.870. The molecule has 1 N–H and O–H groups in total. The minimum absolute atomic E-state index is 0.173. The standard InChI is InChI=1S/C66H105NO8/c1-6-8-10-12-14-16-18-20-22-24-25-26-27-28-29-30-31-32-33-34-35-36-37-38-39-41-43-45-47-49-51-53-55-57-64(69)75-62(61-74-66(65(70)71)72-59-58-67(3,4)5)60-73-63(68)56-54-52-50-48-46-44-42-40-23-21-19-17-15-13-11-9-7-2/h8-11,14-17,20-23,25-26,28-29,31-32,34-35,37-38,41,43,62,66H,6-7,12-13,18-19,24,27,30,33,36,39-40,42,44-61H2,1-5H3/p+1/b10-8-,11-9-,16-14-,17-15-,22-20-,23-21-,26-25-,29-28-,32-31-,35-34-,38-37-,43-41-. The van der Waals surface area contributed by atoms with E-state index in [-0.39, 0.29) is 38.6 Å². The summed E-state index contributed by atoms with van der Waals surface area (Å²) in [5.74, 6) is -2.07. The van der Waals surface area contributed by atoms with Crippen LogP contribution in [0.15, 0.2) is 146 Å². The van der Waals surface area contributed by atoms with Crippen molar-refractivity contribution < 1.29 is 42.9 Å². The molecule has 0 bridgehead atoms. The second-order valence-electron chi connectivity index (χ2n) is 19.8. The number of unbranched alkanes of at least 4 members (excludes halogenated alkanes) is 12. The molecule has 0 aromatic rings. The molecule has 2 unspecified atom stereocenters. The van der Waals surface area contributed by atoms with Crippen molar-refractivity contribution in [3.05, 3.63) is 146 Å². The number of aliphatic carboxylic acids is 1. The van der Waals surface area contributed by atoms with Crippen LogP contribution in [0.5, 0.6) is 0 Å². The van der Waals surface area contributed by atoms with Gasteiger partial charge in [0, 0.05) is 12.8 Å². The number of esters is 2. The third-order valence-electron chi connectivity index (χ3n) is 11.6. The van der Waals surface area contributed by atoms with E-state index in [0.29, 0.717) is 17.4 Å². The minimum Gasteiger partial charge on any atom is -0.477 e. The molecule has 9 nitrogen and oxygen atoms in total. The van der Waals surface area contributed by atoms with Gasteiger partial charge in [-0.15, -0.1) is 0 Å². The van der Waals surface area contributed by atoms with Gasteiger partial charge < -0.3 is 28.5 Å². The Morgan fingerprint density at radius 3 is 1.07 bits per heavy atom. The Kier molecular flexibility index (Phi) is 51.8. The Morgan fingerprint density at radius 2 is 0.720 bits per heavy atom. The maximum atomic E-state index is 12.9. The summed E-state index contributed by atoms with van der Waals surface area (Å²) in [6.07, 6.45) is 77.8. The number of carboxylic acid groups (broad SMARTS) is 1. The number of nitrogens with zero attached hydrogens (tertiary/aromatic N) is 1. The van der Waals surface area contributed by atoms with Crippen molar-refractivity contribution in [2.75, 3.05) is 47.5 Å². The molecular formula is C66H106NO8+. The number of hydrogen-bond donors (Lipinski definition) is 1. The fourth-order valence-corrected chi connectivity index (χ4v) is 7.19. The van der Waals surface area contributed by atoms with Crippen LogP contribution in [-0.2, 0) is 33.3 Å². The van der Waals surface area contributed by atoms with E-state index in [0.717, 1.165) is 141 Å². The first-order valence-electron chi connectivity index (χ1n) is 29.0. The van der Waals surface area contributed by atoms with Crippen LogP contribution in [-0.4, -0.2) is 87.4 Å². The second kappa shape index (κ2) is 55.4. The van der Waals surface area contributed by atoms with Gasteiger partial charge in [-0.2, -0.15) is 0 Å². The molecule has 0 spiro atoms. The summed E-state index contributed by atoms with van der Waals surface area (Å²) in [7, 11) is 5.94. The van der Waals surface area contributed by atoms with E-state index >= 15 is 0 Å². The summed E-state index contributed by atoms with van der Waals surface area (Å²) in [4.78, 5) is 37.4. The predicted molar refractivity (Wildman–Crippen MR) is 317 cm³/mol. The van der Waals surface area contributed by atoms with Gasteiger partial charge in [-0.25, -0.2) is 4.79 Å². The summed E-state index contributed by atoms with van der Waals surface area (Å²) in [5, 5.41) is 9.70. The van der Waals surface area contributed by atoms with E-state index in [1.54, 1.807) is 0 Å². The highest BCUT2D eigenvalue weighted by Crippen LogP contribution is 2.13. The Bertz CT molecular complexity index is 1730. The minimum atomic E-state index is -1.53. The van der Waals surface area contributed by atoms with E-state index in [2.05, 4.69) is 160 Å². The molecule has 0 heterocycles. The van der Waals surface area contributed by atoms with Crippen LogP contribution in [0.25, 0.3) is 0 Å². The molecule has 0 aliphatic carbocycles. The Morgan fingerprint density at radius 1 is 0.400 bits per heavy atom. The molecule has 0 aliphatic heterocycles. The lowest BCUT2D eigenvalue weighted by atomic mass is 10.1. The number of carbonyl (C=O) groups is 3. The fourth-order valence-electron chi connectivity index (χ4n) is 7.19. The Balaban J connectivity index is 4.33. The maximum Gasteiger partial charge on any atom is 0.361 e. The first-order valence-corrected chi connectivity index (χ1v) is 29.0. The number of allylic oxidation sites excluding steroid dienone is 24. The van der Waals surface area contributed by atoms with Crippen LogP contribution >= 0.6 is 0 Å². The average molecular weight is 1040 g/mol. The highest BCUT2D eigenvalue weighted by atomic mass is 16.7. The first-order chi connectivity index (χ1) is 36.6. The third kappa shape index (κ3) is 56.7.